The number of amides is 2. The highest BCUT2D eigenvalue weighted by Gasteiger charge is 2.27. The Hall–Kier alpha value is -1.49. The third kappa shape index (κ3) is 2.79. The van der Waals surface area contributed by atoms with Crippen molar-refractivity contribution >= 4 is 29.3 Å². The van der Waals surface area contributed by atoms with Crippen LogP contribution in [0, 0.1) is 0 Å². The SMILES string of the molecule is CN(C(=O)C1CSCC(=O)N1)c1ccccc1. The first kappa shape index (κ1) is 12.0. The van der Waals surface area contributed by atoms with E-state index in [9.17, 15) is 9.59 Å². The fourth-order valence-corrected chi connectivity index (χ4v) is 2.54. The van der Waals surface area contributed by atoms with Crippen LogP contribution in [0.25, 0.3) is 0 Å². The number of likely N-dealkylation sites (N-methyl/N-ethyl adjacent to an activating group) is 1. The third-order valence-electron chi connectivity index (χ3n) is 2.63. The van der Waals surface area contributed by atoms with Crippen molar-refractivity contribution in [3.63, 3.8) is 0 Å². The molecule has 0 bridgehead atoms. The maximum atomic E-state index is 12.1. The second kappa shape index (κ2) is 5.23. The Balaban J connectivity index is 2.07. The Labute approximate surface area is 104 Å². The van der Waals surface area contributed by atoms with E-state index in [0.717, 1.165) is 5.69 Å². The highest BCUT2D eigenvalue weighted by Crippen LogP contribution is 2.15. The molecule has 0 aromatic heterocycles. The van der Waals surface area contributed by atoms with E-state index in [0.29, 0.717) is 11.5 Å². The smallest absolute Gasteiger partial charge is 0.250 e. The molecule has 0 spiro atoms. The van der Waals surface area contributed by atoms with Gasteiger partial charge in [-0.2, -0.15) is 0 Å². The maximum Gasteiger partial charge on any atom is 0.250 e. The summed E-state index contributed by atoms with van der Waals surface area (Å²) < 4.78 is 0. The van der Waals surface area contributed by atoms with Crippen LogP contribution in [0.3, 0.4) is 0 Å². The molecular weight excluding hydrogens is 236 g/mol. The fourth-order valence-electron chi connectivity index (χ4n) is 1.69. The van der Waals surface area contributed by atoms with Crippen molar-refractivity contribution < 1.29 is 9.59 Å². The average Bonchev–Trinajstić information content (AvgIpc) is 2.38. The average molecular weight is 250 g/mol. The first-order valence-electron chi connectivity index (χ1n) is 5.38. The van der Waals surface area contributed by atoms with E-state index in [4.69, 9.17) is 0 Å². The highest BCUT2D eigenvalue weighted by atomic mass is 32.2. The van der Waals surface area contributed by atoms with Crippen molar-refractivity contribution in [3.8, 4) is 0 Å². The van der Waals surface area contributed by atoms with Gasteiger partial charge in [-0.3, -0.25) is 9.59 Å². The van der Waals surface area contributed by atoms with Gasteiger partial charge in [0.25, 0.3) is 0 Å². The number of thioether (sulfide) groups is 1. The maximum absolute atomic E-state index is 12.1. The Morgan fingerprint density at radius 3 is 2.76 bits per heavy atom. The largest absolute Gasteiger partial charge is 0.343 e. The van der Waals surface area contributed by atoms with Gasteiger partial charge in [-0.1, -0.05) is 18.2 Å². The molecule has 1 fully saturated rings. The van der Waals surface area contributed by atoms with Crippen LogP contribution in [0.4, 0.5) is 5.69 Å². The molecule has 1 aromatic carbocycles. The molecule has 0 radical (unpaired) electrons. The minimum atomic E-state index is -0.411. The van der Waals surface area contributed by atoms with Gasteiger partial charge in [-0.25, -0.2) is 0 Å². The van der Waals surface area contributed by atoms with Crippen molar-refractivity contribution in [1.82, 2.24) is 5.32 Å². The predicted octanol–water partition coefficient (Wildman–Crippen LogP) is 0.881. The molecule has 1 aliphatic rings. The van der Waals surface area contributed by atoms with Crippen LogP contribution in [-0.2, 0) is 9.59 Å². The van der Waals surface area contributed by atoms with E-state index in [1.807, 2.05) is 30.3 Å². The van der Waals surface area contributed by atoms with Crippen molar-refractivity contribution in [2.24, 2.45) is 0 Å². The lowest BCUT2D eigenvalue weighted by Gasteiger charge is -2.27. The van der Waals surface area contributed by atoms with Crippen LogP contribution in [0.2, 0.25) is 0 Å². The first-order valence-corrected chi connectivity index (χ1v) is 6.53. The molecule has 1 atom stereocenters. The molecule has 90 valence electrons. The van der Waals surface area contributed by atoms with Crippen LogP contribution in [0.15, 0.2) is 30.3 Å². The molecule has 1 N–H and O–H groups in total. The third-order valence-corrected chi connectivity index (χ3v) is 3.66. The number of hydrogen-bond acceptors (Lipinski definition) is 3. The molecule has 17 heavy (non-hydrogen) atoms. The molecule has 1 aromatic rings. The minimum absolute atomic E-state index is 0.0685. The molecular formula is C12H14N2O2S. The van der Waals surface area contributed by atoms with Crippen molar-refractivity contribution in [2.45, 2.75) is 6.04 Å². The number of anilines is 1. The van der Waals surface area contributed by atoms with Crippen molar-refractivity contribution in [3.05, 3.63) is 30.3 Å². The lowest BCUT2D eigenvalue weighted by atomic mass is 10.2. The topological polar surface area (TPSA) is 49.4 Å². The molecule has 1 saturated heterocycles. The van der Waals surface area contributed by atoms with Crippen molar-refractivity contribution in [1.29, 1.82) is 0 Å². The second-order valence-electron chi connectivity index (χ2n) is 3.87. The monoisotopic (exact) mass is 250 g/mol. The van der Waals surface area contributed by atoms with Gasteiger partial charge in [0.2, 0.25) is 11.8 Å². The Kier molecular flexibility index (Phi) is 3.68. The summed E-state index contributed by atoms with van der Waals surface area (Å²) in [6.45, 7) is 0. The minimum Gasteiger partial charge on any atom is -0.343 e. The molecule has 5 heteroatoms. The number of carbonyl (C=O) groups is 2. The summed E-state index contributed by atoms with van der Waals surface area (Å²) >= 11 is 1.49. The van der Waals surface area contributed by atoms with Gasteiger partial charge in [0, 0.05) is 18.5 Å². The lowest BCUT2D eigenvalue weighted by molar-refractivity contribution is -0.125. The zero-order valence-corrected chi connectivity index (χ0v) is 10.4. The van der Waals surface area contributed by atoms with E-state index in [1.165, 1.54) is 11.8 Å². The molecule has 1 heterocycles. The summed E-state index contributed by atoms with van der Waals surface area (Å²) in [6.07, 6.45) is 0. The zero-order valence-electron chi connectivity index (χ0n) is 9.55. The number of nitrogens with zero attached hydrogens (tertiary/aromatic N) is 1. The number of benzene rings is 1. The van der Waals surface area contributed by atoms with Crippen LogP contribution in [0.1, 0.15) is 0 Å². The van der Waals surface area contributed by atoms with E-state index in [-0.39, 0.29) is 11.8 Å². The number of hydrogen-bond donors (Lipinski definition) is 1. The van der Waals surface area contributed by atoms with Gasteiger partial charge in [0.1, 0.15) is 6.04 Å². The van der Waals surface area contributed by atoms with E-state index >= 15 is 0 Å². The summed E-state index contributed by atoms with van der Waals surface area (Å²) in [7, 11) is 1.73. The first-order chi connectivity index (χ1) is 8.18. The molecule has 0 aliphatic carbocycles. The van der Waals surface area contributed by atoms with Crippen LogP contribution in [-0.4, -0.2) is 36.4 Å². The number of para-hydroxylation sites is 1. The summed E-state index contributed by atoms with van der Waals surface area (Å²) in [5.41, 5.74) is 0.835. The van der Waals surface area contributed by atoms with E-state index in [1.54, 1.807) is 11.9 Å². The molecule has 1 unspecified atom stereocenters. The Morgan fingerprint density at radius 1 is 1.41 bits per heavy atom. The number of rotatable bonds is 2. The van der Waals surface area contributed by atoms with Crippen LogP contribution in [0.5, 0.6) is 0 Å². The van der Waals surface area contributed by atoms with Gasteiger partial charge in [0.05, 0.1) is 5.75 Å². The van der Waals surface area contributed by atoms with Gasteiger partial charge in [0.15, 0.2) is 0 Å². The zero-order chi connectivity index (χ0) is 12.3. The molecule has 0 saturated carbocycles. The normalized spacial score (nSPS) is 19.6. The molecule has 1 aliphatic heterocycles. The fraction of sp³-hybridized carbons (Fsp3) is 0.333. The highest BCUT2D eigenvalue weighted by molar-refractivity contribution is 8.00. The Bertz CT molecular complexity index is 422. The number of nitrogens with one attached hydrogen (secondary N) is 1. The van der Waals surface area contributed by atoms with Gasteiger partial charge in [-0.05, 0) is 12.1 Å². The molecule has 2 rings (SSSR count). The van der Waals surface area contributed by atoms with Gasteiger partial charge < -0.3 is 10.2 Å². The summed E-state index contributed by atoms with van der Waals surface area (Å²) in [5.74, 6) is 0.943. The van der Waals surface area contributed by atoms with Crippen LogP contribution < -0.4 is 10.2 Å². The Morgan fingerprint density at radius 2 is 2.12 bits per heavy atom. The lowest BCUT2D eigenvalue weighted by Crippen LogP contribution is -2.52. The second-order valence-corrected chi connectivity index (χ2v) is 4.90. The summed E-state index contributed by atoms with van der Waals surface area (Å²) in [4.78, 5) is 25.0. The standard InChI is InChI=1S/C12H14N2O2S/c1-14(9-5-3-2-4-6-9)12(16)10-7-17-8-11(15)13-10/h2-6,10H,7-8H2,1H3,(H,13,15). The van der Waals surface area contributed by atoms with Crippen LogP contribution >= 0.6 is 11.8 Å². The predicted molar refractivity (Wildman–Crippen MR) is 69.1 cm³/mol. The summed E-state index contributed by atoms with van der Waals surface area (Å²) in [5, 5.41) is 2.72. The van der Waals surface area contributed by atoms with Gasteiger partial charge >= 0.3 is 0 Å². The number of carbonyl (C=O) groups excluding carboxylic acids is 2. The van der Waals surface area contributed by atoms with E-state index in [2.05, 4.69) is 5.32 Å². The summed E-state index contributed by atoms with van der Waals surface area (Å²) in [6, 6.07) is 9.00. The van der Waals surface area contributed by atoms with E-state index < -0.39 is 6.04 Å². The van der Waals surface area contributed by atoms with Crippen molar-refractivity contribution in [2.75, 3.05) is 23.5 Å². The van der Waals surface area contributed by atoms with Gasteiger partial charge in [-0.15, -0.1) is 11.8 Å². The quantitative estimate of drug-likeness (QED) is 0.847. The molecule has 2 amide bonds. The molecule has 4 nitrogen and oxygen atoms in total.